The Balaban J connectivity index is 2.09. The molecule has 0 atom stereocenters. The molecular weight excluding hydrogens is 296 g/mol. The van der Waals surface area contributed by atoms with E-state index < -0.39 is 15.8 Å². The number of methoxy groups -OCH3 is 1. The summed E-state index contributed by atoms with van der Waals surface area (Å²) in [6.45, 7) is 1.05. The minimum Gasteiger partial charge on any atom is -0.490 e. The molecule has 1 aromatic carbocycles. The first-order valence-corrected chi connectivity index (χ1v) is 8.37. The Hall–Kier alpha value is -1.76. The molecule has 0 fully saturated rings. The lowest BCUT2D eigenvalue weighted by atomic mass is 10.3. The van der Waals surface area contributed by atoms with Crippen molar-refractivity contribution in [2.24, 2.45) is 0 Å². The second-order valence-corrected chi connectivity index (χ2v) is 6.77. The number of carbonyl (C=O) groups excluding carboxylic acids is 1. The molecule has 1 aromatic rings. The number of sulfone groups is 1. The zero-order valence-electron chi connectivity index (χ0n) is 11.8. The van der Waals surface area contributed by atoms with Gasteiger partial charge in [0.15, 0.2) is 21.3 Å². The summed E-state index contributed by atoms with van der Waals surface area (Å²) in [6, 6.07) is 4.59. The van der Waals surface area contributed by atoms with Crippen LogP contribution in [-0.2, 0) is 19.4 Å². The molecule has 1 aliphatic rings. The summed E-state index contributed by atoms with van der Waals surface area (Å²) in [5.41, 5.74) is 0. The number of ether oxygens (including phenoxy) is 3. The summed E-state index contributed by atoms with van der Waals surface area (Å²) >= 11 is 0. The fourth-order valence-corrected chi connectivity index (χ4v) is 3.29. The lowest BCUT2D eigenvalue weighted by molar-refractivity contribution is -0.140. The van der Waals surface area contributed by atoms with Crippen LogP contribution in [0.5, 0.6) is 11.5 Å². The Morgan fingerprint density at radius 3 is 2.67 bits per heavy atom. The van der Waals surface area contributed by atoms with Crippen molar-refractivity contribution in [3.63, 3.8) is 0 Å². The van der Waals surface area contributed by atoms with Crippen LogP contribution >= 0.6 is 0 Å². The van der Waals surface area contributed by atoms with Crippen molar-refractivity contribution in [2.45, 2.75) is 24.2 Å². The van der Waals surface area contributed by atoms with Crippen molar-refractivity contribution in [3.05, 3.63) is 18.2 Å². The van der Waals surface area contributed by atoms with E-state index in [1.54, 1.807) is 6.07 Å². The van der Waals surface area contributed by atoms with E-state index in [2.05, 4.69) is 4.74 Å². The van der Waals surface area contributed by atoms with Crippen LogP contribution in [0, 0.1) is 0 Å². The molecule has 116 valence electrons. The van der Waals surface area contributed by atoms with Crippen molar-refractivity contribution in [1.29, 1.82) is 0 Å². The van der Waals surface area contributed by atoms with Crippen molar-refractivity contribution in [1.82, 2.24) is 0 Å². The highest BCUT2D eigenvalue weighted by Gasteiger charge is 2.19. The van der Waals surface area contributed by atoms with E-state index in [1.165, 1.54) is 19.2 Å². The molecule has 0 unspecified atom stereocenters. The molecule has 21 heavy (non-hydrogen) atoms. The first kappa shape index (κ1) is 15.6. The molecule has 6 nitrogen and oxygen atoms in total. The third-order valence-corrected chi connectivity index (χ3v) is 4.90. The van der Waals surface area contributed by atoms with Gasteiger partial charge in [0.25, 0.3) is 0 Å². The largest absolute Gasteiger partial charge is 0.490 e. The van der Waals surface area contributed by atoms with Crippen molar-refractivity contribution in [2.75, 3.05) is 26.1 Å². The number of esters is 1. The Morgan fingerprint density at radius 1 is 1.24 bits per heavy atom. The van der Waals surface area contributed by atoms with Gasteiger partial charge in [-0.2, -0.15) is 0 Å². The lowest BCUT2D eigenvalue weighted by Gasteiger charge is -2.10. The Morgan fingerprint density at radius 2 is 1.95 bits per heavy atom. The van der Waals surface area contributed by atoms with Crippen LogP contribution in [0.4, 0.5) is 0 Å². The van der Waals surface area contributed by atoms with Crippen LogP contribution in [0.2, 0.25) is 0 Å². The van der Waals surface area contributed by atoms with E-state index in [0.717, 1.165) is 6.42 Å². The van der Waals surface area contributed by atoms with Crippen LogP contribution in [-0.4, -0.2) is 40.5 Å². The van der Waals surface area contributed by atoms with Crippen LogP contribution in [0.15, 0.2) is 23.1 Å². The third kappa shape index (κ3) is 4.10. The summed E-state index contributed by atoms with van der Waals surface area (Å²) in [4.78, 5) is 11.2. The van der Waals surface area contributed by atoms with Crippen molar-refractivity contribution < 1.29 is 27.4 Å². The van der Waals surface area contributed by atoms with Gasteiger partial charge in [-0.25, -0.2) is 8.42 Å². The number of carbonyl (C=O) groups is 1. The molecule has 0 amide bonds. The first-order chi connectivity index (χ1) is 10.0. The molecule has 2 rings (SSSR count). The third-order valence-electron chi connectivity index (χ3n) is 3.10. The number of rotatable bonds is 5. The zero-order chi connectivity index (χ0) is 15.3. The second kappa shape index (κ2) is 6.80. The Labute approximate surface area is 123 Å². The number of benzene rings is 1. The van der Waals surface area contributed by atoms with Gasteiger partial charge in [0.1, 0.15) is 0 Å². The van der Waals surface area contributed by atoms with Gasteiger partial charge in [-0.15, -0.1) is 0 Å². The summed E-state index contributed by atoms with van der Waals surface area (Å²) in [7, 11) is -2.17. The summed E-state index contributed by atoms with van der Waals surface area (Å²) in [6.07, 6.45) is 1.07. The maximum Gasteiger partial charge on any atom is 0.305 e. The van der Waals surface area contributed by atoms with Crippen LogP contribution in [0.25, 0.3) is 0 Å². The van der Waals surface area contributed by atoms with Gasteiger partial charge in [0.05, 0.1) is 31.0 Å². The average molecular weight is 314 g/mol. The summed E-state index contributed by atoms with van der Waals surface area (Å²) in [5, 5.41) is 0. The molecule has 0 bridgehead atoms. The van der Waals surface area contributed by atoms with Crippen LogP contribution in [0.1, 0.15) is 19.3 Å². The van der Waals surface area contributed by atoms with E-state index in [4.69, 9.17) is 9.47 Å². The van der Waals surface area contributed by atoms with Crippen molar-refractivity contribution >= 4 is 15.8 Å². The Kier molecular flexibility index (Phi) is 5.06. The van der Waals surface area contributed by atoms with Gasteiger partial charge in [0.2, 0.25) is 0 Å². The zero-order valence-corrected chi connectivity index (χ0v) is 12.6. The molecule has 1 aliphatic heterocycles. The van der Waals surface area contributed by atoms with Gasteiger partial charge in [-0.05, 0) is 18.6 Å². The van der Waals surface area contributed by atoms with E-state index in [-0.39, 0.29) is 23.5 Å². The highest BCUT2D eigenvalue weighted by atomic mass is 32.2. The van der Waals surface area contributed by atoms with Crippen molar-refractivity contribution in [3.8, 4) is 11.5 Å². The van der Waals surface area contributed by atoms with E-state index >= 15 is 0 Å². The predicted molar refractivity (Wildman–Crippen MR) is 75.4 cm³/mol. The highest BCUT2D eigenvalue weighted by molar-refractivity contribution is 7.91. The molecule has 0 radical (unpaired) electrons. The normalized spacial score (nSPS) is 14.3. The van der Waals surface area contributed by atoms with Gasteiger partial charge < -0.3 is 14.2 Å². The quantitative estimate of drug-likeness (QED) is 0.768. The van der Waals surface area contributed by atoms with E-state index in [9.17, 15) is 13.2 Å². The summed E-state index contributed by atoms with van der Waals surface area (Å²) in [5.74, 6) is 0.480. The maximum absolute atomic E-state index is 12.2. The number of hydrogen-bond acceptors (Lipinski definition) is 6. The fraction of sp³-hybridized carbons (Fsp3) is 0.500. The highest BCUT2D eigenvalue weighted by Crippen LogP contribution is 2.32. The van der Waals surface area contributed by atoms with Gasteiger partial charge in [-0.1, -0.05) is 0 Å². The SMILES string of the molecule is COC(=O)CCCS(=O)(=O)c1ccc2c(c1)OCCCO2. The molecule has 1 heterocycles. The van der Waals surface area contributed by atoms with E-state index in [0.29, 0.717) is 24.7 Å². The smallest absolute Gasteiger partial charge is 0.305 e. The maximum atomic E-state index is 12.2. The van der Waals surface area contributed by atoms with E-state index in [1.807, 2.05) is 0 Å². The minimum atomic E-state index is -3.45. The standard InChI is InChI=1S/C14H18O6S/c1-18-14(15)4-2-9-21(16,17)11-5-6-12-13(10-11)20-8-3-7-19-12/h5-6,10H,2-4,7-9H2,1H3. The summed E-state index contributed by atoms with van der Waals surface area (Å²) < 4.78 is 39.9. The Bertz CT molecular complexity index is 608. The fourth-order valence-electron chi connectivity index (χ4n) is 1.96. The van der Waals surface area contributed by atoms with Gasteiger partial charge in [-0.3, -0.25) is 4.79 Å². The lowest BCUT2D eigenvalue weighted by Crippen LogP contribution is -2.10. The van der Waals surface area contributed by atoms with Crippen LogP contribution in [0.3, 0.4) is 0 Å². The van der Waals surface area contributed by atoms with Crippen LogP contribution < -0.4 is 9.47 Å². The molecule has 0 saturated heterocycles. The molecule has 0 N–H and O–H groups in total. The number of hydrogen-bond donors (Lipinski definition) is 0. The second-order valence-electron chi connectivity index (χ2n) is 4.66. The van der Waals surface area contributed by atoms with Gasteiger partial charge >= 0.3 is 5.97 Å². The number of fused-ring (bicyclic) bond motifs is 1. The molecule has 0 spiro atoms. The molecule has 0 aliphatic carbocycles. The minimum absolute atomic E-state index is 0.0836. The topological polar surface area (TPSA) is 78.9 Å². The molecule has 0 aromatic heterocycles. The monoisotopic (exact) mass is 314 g/mol. The first-order valence-electron chi connectivity index (χ1n) is 6.72. The molecular formula is C14H18O6S. The molecule has 7 heteroatoms. The predicted octanol–water partition coefficient (Wildman–Crippen LogP) is 1.57. The molecule has 0 saturated carbocycles. The van der Waals surface area contributed by atoms with Gasteiger partial charge in [0, 0.05) is 18.9 Å². The average Bonchev–Trinajstić information content (AvgIpc) is 2.71.